The molecule has 0 rings (SSSR count). The van der Waals surface area contributed by atoms with Gasteiger partial charge in [-0.25, -0.2) is 0 Å². The fraction of sp³-hybridized carbons (Fsp3) is 0.727. The second-order valence-corrected chi connectivity index (χ2v) is 3.68. The molecule has 0 aliphatic carbocycles. The van der Waals surface area contributed by atoms with Crippen LogP contribution in [0.5, 0.6) is 0 Å². The lowest BCUT2D eigenvalue weighted by Gasteiger charge is -2.06. The van der Waals surface area contributed by atoms with E-state index in [1.807, 2.05) is 0 Å². The number of nitrogens with one attached hydrogen (secondary N) is 1. The van der Waals surface area contributed by atoms with E-state index in [4.69, 9.17) is 4.74 Å². The summed E-state index contributed by atoms with van der Waals surface area (Å²) in [5, 5.41) is 2.89. The van der Waals surface area contributed by atoms with Gasteiger partial charge in [0.1, 0.15) is 0 Å². The zero-order valence-electron chi connectivity index (χ0n) is 9.21. The summed E-state index contributed by atoms with van der Waals surface area (Å²) < 4.78 is 5.00. The van der Waals surface area contributed by atoms with E-state index in [0.29, 0.717) is 19.1 Å². The van der Waals surface area contributed by atoms with Crippen LogP contribution in [0.25, 0.3) is 0 Å². The van der Waals surface area contributed by atoms with Crippen LogP contribution in [-0.4, -0.2) is 25.7 Å². The molecule has 0 saturated carbocycles. The van der Waals surface area contributed by atoms with Crippen LogP contribution in [0.15, 0.2) is 12.7 Å². The summed E-state index contributed by atoms with van der Waals surface area (Å²) in [6, 6.07) is 0. The molecule has 14 heavy (non-hydrogen) atoms. The van der Waals surface area contributed by atoms with Crippen molar-refractivity contribution in [3.63, 3.8) is 0 Å². The predicted octanol–water partition coefficient (Wildman–Crippen LogP) is 1.74. The molecular formula is C11H21NO2. The van der Waals surface area contributed by atoms with E-state index >= 15 is 0 Å². The van der Waals surface area contributed by atoms with Crippen LogP contribution in [0, 0.1) is 5.92 Å². The molecule has 1 N–H and O–H groups in total. The maximum Gasteiger partial charge on any atom is 0.319 e. The molecule has 3 heteroatoms. The van der Waals surface area contributed by atoms with Crippen LogP contribution >= 0.6 is 0 Å². The van der Waals surface area contributed by atoms with E-state index in [9.17, 15) is 4.79 Å². The predicted molar refractivity (Wildman–Crippen MR) is 58.1 cm³/mol. The first-order valence-electron chi connectivity index (χ1n) is 5.14. The minimum atomic E-state index is -0.185. The molecule has 0 saturated heterocycles. The van der Waals surface area contributed by atoms with Crippen LogP contribution in [-0.2, 0) is 9.53 Å². The zero-order valence-corrected chi connectivity index (χ0v) is 9.21. The maximum atomic E-state index is 11.0. The standard InChI is InChI=1S/C11H21NO2/c1-4-7-12-9-11(13)14-8-5-6-10(2)3/h4,10,12H,1,5-9H2,2-3H3. The fourth-order valence-electron chi connectivity index (χ4n) is 1.00. The van der Waals surface area contributed by atoms with Gasteiger partial charge >= 0.3 is 5.97 Å². The van der Waals surface area contributed by atoms with Crippen molar-refractivity contribution in [2.75, 3.05) is 19.7 Å². The largest absolute Gasteiger partial charge is 0.465 e. The summed E-state index contributed by atoms with van der Waals surface area (Å²) in [5.41, 5.74) is 0. The average molecular weight is 199 g/mol. The summed E-state index contributed by atoms with van der Waals surface area (Å²) in [4.78, 5) is 11.0. The maximum absolute atomic E-state index is 11.0. The Kier molecular flexibility index (Phi) is 8.24. The molecule has 0 heterocycles. The van der Waals surface area contributed by atoms with Gasteiger partial charge in [0.05, 0.1) is 13.2 Å². The highest BCUT2D eigenvalue weighted by Gasteiger charge is 2.01. The van der Waals surface area contributed by atoms with Crippen LogP contribution < -0.4 is 5.32 Å². The third-order valence-corrected chi connectivity index (χ3v) is 1.75. The van der Waals surface area contributed by atoms with E-state index < -0.39 is 0 Å². The molecule has 0 unspecified atom stereocenters. The number of ether oxygens (including phenoxy) is 1. The normalized spacial score (nSPS) is 10.2. The number of hydrogen-bond acceptors (Lipinski definition) is 3. The van der Waals surface area contributed by atoms with Gasteiger partial charge in [-0.15, -0.1) is 6.58 Å². The van der Waals surface area contributed by atoms with Crippen molar-refractivity contribution in [3.05, 3.63) is 12.7 Å². The minimum Gasteiger partial charge on any atom is -0.465 e. The topological polar surface area (TPSA) is 38.3 Å². The van der Waals surface area contributed by atoms with Gasteiger partial charge in [0.15, 0.2) is 0 Å². The van der Waals surface area contributed by atoms with Gasteiger partial charge in [0.25, 0.3) is 0 Å². The Bertz CT molecular complexity index is 167. The van der Waals surface area contributed by atoms with Gasteiger partial charge in [-0.2, -0.15) is 0 Å². The van der Waals surface area contributed by atoms with Crippen molar-refractivity contribution in [2.45, 2.75) is 26.7 Å². The molecule has 0 fully saturated rings. The summed E-state index contributed by atoms with van der Waals surface area (Å²) in [7, 11) is 0. The van der Waals surface area contributed by atoms with Crippen LogP contribution in [0.4, 0.5) is 0 Å². The molecule has 82 valence electrons. The number of esters is 1. The number of carbonyl (C=O) groups is 1. The molecule has 0 aliphatic heterocycles. The number of hydrogen-bond donors (Lipinski definition) is 1. The molecule has 0 aromatic rings. The van der Waals surface area contributed by atoms with Crippen molar-refractivity contribution in [1.29, 1.82) is 0 Å². The summed E-state index contributed by atoms with van der Waals surface area (Å²) >= 11 is 0. The molecule has 0 aliphatic rings. The molecule has 0 aromatic heterocycles. The van der Waals surface area contributed by atoms with Crippen LogP contribution in [0.1, 0.15) is 26.7 Å². The van der Waals surface area contributed by atoms with E-state index in [1.54, 1.807) is 6.08 Å². The first-order chi connectivity index (χ1) is 6.66. The average Bonchev–Trinajstić information content (AvgIpc) is 2.13. The van der Waals surface area contributed by atoms with Crippen molar-refractivity contribution in [1.82, 2.24) is 5.32 Å². The Balaban J connectivity index is 3.22. The van der Waals surface area contributed by atoms with Crippen molar-refractivity contribution < 1.29 is 9.53 Å². The first kappa shape index (κ1) is 13.2. The highest BCUT2D eigenvalue weighted by Crippen LogP contribution is 2.02. The SMILES string of the molecule is C=CCNCC(=O)OCCCC(C)C. The second-order valence-electron chi connectivity index (χ2n) is 3.68. The van der Waals surface area contributed by atoms with E-state index in [0.717, 1.165) is 12.8 Å². The van der Waals surface area contributed by atoms with Crippen molar-refractivity contribution >= 4 is 5.97 Å². The molecule has 3 nitrogen and oxygen atoms in total. The molecule has 0 spiro atoms. The number of rotatable bonds is 8. The van der Waals surface area contributed by atoms with Crippen LogP contribution in [0.3, 0.4) is 0 Å². The quantitative estimate of drug-likeness (QED) is 0.367. The van der Waals surface area contributed by atoms with Gasteiger partial charge < -0.3 is 10.1 Å². The lowest BCUT2D eigenvalue weighted by Crippen LogP contribution is -2.25. The molecular weight excluding hydrogens is 178 g/mol. The summed E-state index contributed by atoms with van der Waals surface area (Å²) in [6.07, 6.45) is 3.77. The Morgan fingerprint density at radius 1 is 1.57 bits per heavy atom. The Labute approximate surface area is 86.5 Å². The molecule has 0 amide bonds. The van der Waals surface area contributed by atoms with Crippen LogP contribution in [0.2, 0.25) is 0 Å². The van der Waals surface area contributed by atoms with Crippen molar-refractivity contribution in [2.24, 2.45) is 5.92 Å². The van der Waals surface area contributed by atoms with E-state index in [1.165, 1.54) is 0 Å². The second kappa shape index (κ2) is 8.75. The minimum absolute atomic E-state index is 0.185. The molecule has 0 atom stereocenters. The number of carbonyl (C=O) groups excluding carboxylic acids is 1. The third kappa shape index (κ3) is 9.26. The Morgan fingerprint density at radius 2 is 2.29 bits per heavy atom. The molecule has 0 bridgehead atoms. The smallest absolute Gasteiger partial charge is 0.319 e. The van der Waals surface area contributed by atoms with E-state index in [-0.39, 0.29) is 12.5 Å². The third-order valence-electron chi connectivity index (χ3n) is 1.75. The lowest BCUT2D eigenvalue weighted by molar-refractivity contribution is -0.142. The summed E-state index contributed by atoms with van der Waals surface area (Å²) in [5.74, 6) is 0.489. The van der Waals surface area contributed by atoms with Gasteiger partial charge in [-0.1, -0.05) is 19.9 Å². The Morgan fingerprint density at radius 3 is 2.86 bits per heavy atom. The summed E-state index contributed by atoms with van der Waals surface area (Å²) in [6.45, 7) is 9.30. The highest BCUT2D eigenvalue weighted by molar-refractivity contribution is 5.71. The fourth-order valence-corrected chi connectivity index (χ4v) is 1.00. The van der Waals surface area contributed by atoms with Gasteiger partial charge in [0, 0.05) is 6.54 Å². The Hall–Kier alpha value is -0.830. The van der Waals surface area contributed by atoms with Gasteiger partial charge in [-0.05, 0) is 18.8 Å². The van der Waals surface area contributed by atoms with E-state index in [2.05, 4.69) is 25.7 Å². The molecule has 0 radical (unpaired) electrons. The van der Waals surface area contributed by atoms with Gasteiger partial charge in [0.2, 0.25) is 0 Å². The first-order valence-corrected chi connectivity index (χ1v) is 5.14. The zero-order chi connectivity index (χ0) is 10.8. The lowest BCUT2D eigenvalue weighted by atomic mass is 10.1. The van der Waals surface area contributed by atoms with Crippen molar-refractivity contribution in [3.8, 4) is 0 Å². The highest BCUT2D eigenvalue weighted by atomic mass is 16.5. The van der Waals surface area contributed by atoms with Gasteiger partial charge in [-0.3, -0.25) is 4.79 Å². The monoisotopic (exact) mass is 199 g/mol. The molecule has 0 aromatic carbocycles.